The molecule has 17 heavy (non-hydrogen) atoms. The van der Waals surface area contributed by atoms with E-state index in [1.54, 1.807) is 19.3 Å². The fraction of sp³-hybridized carbons (Fsp3) is 0.167. The minimum absolute atomic E-state index is 0.167. The van der Waals surface area contributed by atoms with Gasteiger partial charge < -0.3 is 5.32 Å². The Labute approximate surface area is 99.0 Å². The number of nitrogens with zero attached hydrogens (tertiary/aromatic N) is 3. The quantitative estimate of drug-likeness (QED) is 0.854. The van der Waals surface area contributed by atoms with Gasteiger partial charge in [0, 0.05) is 25.1 Å². The van der Waals surface area contributed by atoms with Gasteiger partial charge >= 0.3 is 0 Å². The van der Waals surface area contributed by atoms with E-state index in [9.17, 15) is 4.79 Å². The van der Waals surface area contributed by atoms with Gasteiger partial charge in [-0.05, 0) is 24.6 Å². The lowest BCUT2D eigenvalue weighted by atomic mass is 10.2. The van der Waals surface area contributed by atoms with E-state index in [1.807, 2.05) is 12.1 Å². The zero-order chi connectivity index (χ0) is 12.1. The third-order valence-corrected chi connectivity index (χ3v) is 2.36. The summed E-state index contributed by atoms with van der Waals surface area (Å²) in [6.45, 7) is 2.25. The summed E-state index contributed by atoms with van der Waals surface area (Å²) in [6.07, 6.45) is 6.33. The molecule has 2 rings (SSSR count). The maximum Gasteiger partial charge on any atom is 0.254 e. The highest BCUT2D eigenvalue weighted by atomic mass is 16.1. The Balaban J connectivity index is 2.01. The number of carbonyl (C=O) groups is 1. The van der Waals surface area contributed by atoms with Gasteiger partial charge in [-0.25, -0.2) is 9.97 Å². The summed E-state index contributed by atoms with van der Waals surface area (Å²) in [4.78, 5) is 23.6. The third kappa shape index (κ3) is 2.84. The highest BCUT2D eigenvalue weighted by Crippen LogP contribution is 2.02. The molecule has 0 unspecified atom stereocenters. The van der Waals surface area contributed by atoms with Crippen molar-refractivity contribution in [2.24, 2.45) is 0 Å². The lowest BCUT2D eigenvalue weighted by molar-refractivity contribution is 0.0949. The lowest BCUT2D eigenvalue weighted by Crippen LogP contribution is -2.24. The number of aromatic nitrogens is 3. The van der Waals surface area contributed by atoms with Crippen LogP contribution in [0.4, 0.5) is 0 Å². The van der Waals surface area contributed by atoms with Crippen LogP contribution in [0.5, 0.6) is 0 Å². The molecule has 86 valence electrons. The molecule has 0 bridgehead atoms. The summed E-state index contributed by atoms with van der Waals surface area (Å²) in [5, 5.41) is 2.81. The van der Waals surface area contributed by atoms with E-state index < -0.39 is 0 Å². The summed E-state index contributed by atoms with van der Waals surface area (Å²) >= 11 is 0. The highest BCUT2D eigenvalue weighted by molar-refractivity contribution is 5.94. The summed E-state index contributed by atoms with van der Waals surface area (Å²) in [7, 11) is 0. The fourth-order valence-corrected chi connectivity index (χ4v) is 1.39. The van der Waals surface area contributed by atoms with Crippen LogP contribution in [0, 0.1) is 6.92 Å². The summed E-state index contributed by atoms with van der Waals surface area (Å²) in [6, 6.07) is 3.71. The molecule has 0 aromatic carbocycles. The van der Waals surface area contributed by atoms with Crippen molar-refractivity contribution >= 4 is 5.91 Å². The van der Waals surface area contributed by atoms with Crippen LogP contribution in [0.3, 0.4) is 0 Å². The van der Waals surface area contributed by atoms with Crippen molar-refractivity contribution in [3.05, 3.63) is 53.9 Å². The first-order chi connectivity index (χ1) is 8.27. The van der Waals surface area contributed by atoms with E-state index in [-0.39, 0.29) is 5.91 Å². The van der Waals surface area contributed by atoms with Gasteiger partial charge in [0.25, 0.3) is 5.91 Å². The summed E-state index contributed by atoms with van der Waals surface area (Å²) in [5.41, 5.74) is 2.18. The molecule has 0 spiro atoms. The van der Waals surface area contributed by atoms with Crippen molar-refractivity contribution in [3.63, 3.8) is 0 Å². The molecule has 0 fully saturated rings. The molecular formula is C12H12N4O. The lowest BCUT2D eigenvalue weighted by Gasteiger charge is -2.06. The van der Waals surface area contributed by atoms with Gasteiger partial charge in [0.1, 0.15) is 6.33 Å². The van der Waals surface area contributed by atoms with Gasteiger partial charge in [-0.3, -0.25) is 9.78 Å². The number of amides is 1. The van der Waals surface area contributed by atoms with E-state index in [2.05, 4.69) is 20.3 Å². The largest absolute Gasteiger partial charge is 0.348 e. The molecule has 0 aliphatic heterocycles. The summed E-state index contributed by atoms with van der Waals surface area (Å²) in [5.74, 6) is -0.167. The molecule has 2 aromatic rings. The third-order valence-electron chi connectivity index (χ3n) is 2.36. The number of hydrogen-bond acceptors (Lipinski definition) is 4. The van der Waals surface area contributed by atoms with Crippen molar-refractivity contribution in [2.45, 2.75) is 13.5 Å². The molecular weight excluding hydrogens is 216 g/mol. The van der Waals surface area contributed by atoms with Gasteiger partial charge in [-0.15, -0.1) is 0 Å². The van der Waals surface area contributed by atoms with Gasteiger partial charge in [-0.2, -0.15) is 0 Å². The molecule has 0 saturated heterocycles. The molecule has 0 aliphatic carbocycles. The van der Waals surface area contributed by atoms with E-state index in [0.717, 1.165) is 5.56 Å². The SMILES string of the molecule is Cc1ncncc1C(=O)NCc1ccncc1. The Morgan fingerprint density at radius 3 is 2.76 bits per heavy atom. The Kier molecular flexibility index (Phi) is 3.40. The van der Waals surface area contributed by atoms with Crippen LogP contribution in [0.15, 0.2) is 37.1 Å². The topological polar surface area (TPSA) is 67.8 Å². The predicted octanol–water partition coefficient (Wildman–Crippen LogP) is 1.11. The van der Waals surface area contributed by atoms with Gasteiger partial charge in [-0.1, -0.05) is 0 Å². The van der Waals surface area contributed by atoms with Crippen molar-refractivity contribution < 1.29 is 4.79 Å². The first-order valence-corrected chi connectivity index (χ1v) is 5.21. The number of nitrogens with one attached hydrogen (secondary N) is 1. The molecule has 5 nitrogen and oxygen atoms in total. The smallest absolute Gasteiger partial charge is 0.254 e. The number of pyridine rings is 1. The zero-order valence-electron chi connectivity index (χ0n) is 9.42. The Morgan fingerprint density at radius 2 is 2.06 bits per heavy atom. The van der Waals surface area contributed by atoms with E-state index in [4.69, 9.17) is 0 Å². The maximum atomic E-state index is 11.8. The zero-order valence-corrected chi connectivity index (χ0v) is 9.42. The van der Waals surface area contributed by atoms with Crippen molar-refractivity contribution in [1.29, 1.82) is 0 Å². The number of aryl methyl sites for hydroxylation is 1. The van der Waals surface area contributed by atoms with Gasteiger partial charge in [0.05, 0.1) is 11.3 Å². The van der Waals surface area contributed by atoms with Crippen LogP contribution in [0.1, 0.15) is 21.6 Å². The number of rotatable bonds is 3. The van der Waals surface area contributed by atoms with Crippen molar-refractivity contribution in [1.82, 2.24) is 20.3 Å². The standard InChI is InChI=1S/C12H12N4O/c1-9-11(7-14-8-16-9)12(17)15-6-10-2-4-13-5-3-10/h2-5,7-8H,6H2,1H3,(H,15,17). The molecule has 5 heteroatoms. The average Bonchev–Trinajstić information content (AvgIpc) is 2.38. The van der Waals surface area contributed by atoms with Crippen LogP contribution in [0.2, 0.25) is 0 Å². The first kappa shape index (κ1) is 11.2. The molecule has 1 amide bonds. The monoisotopic (exact) mass is 228 g/mol. The Hall–Kier alpha value is -2.30. The van der Waals surface area contributed by atoms with Gasteiger partial charge in [0.15, 0.2) is 0 Å². The van der Waals surface area contributed by atoms with Crippen LogP contribution in [0.25, 0.3) is 0 Å². The minimum Gasteiger partial charge on any atom is -0.348 e. The second-order valence-corrected chi connectivity index (χ2v) is 3.56. The first-order valence-electron chi connectivity index (χ1n) is 5.21. The average molecular weight is 228 g/mol. The van der Waals surface area contributed by atoms with E-state index in [1.165, 1.54) is 12.5 Å². The minimum atomic E-state index is -0.167. The van der Waals surface area contributed by atoms with Crippen LogP contribution >= 0.6 is 0 Å². The second kappa shape index (κ2) is 5.16. The number of carbonyl (C=O) groups excluding carboxylic acids is 1. The van der Waals surface area contributed by atoms with Crippen molar-refractivity contribution in [3.8, 4) is 0 Å². The second-order valence-electron chi connectivity index (χ2n) is 3.56. The Bertz CT molecular complexity index is 513. The molecule has 2 heterocycles. The van der Waals surface area contributed by atoms with E-state index >= 15 is 0 Å². The normalized spacial score (nSPS) is 9.94. The number of hydrogen-bond donors (Lipinski definition) is 1. The fourth-order valence-electron chi connectivity index (χ4n) is 1.39. The maximum absolute atomic E-state index is 11.8. The summed E-state index contributed by atoms with van der Waals surface area (Å²) < 4.78 is 0. The molecule has 2 aromatic heterocycles. The van der Waals surface area contributed by atoms with Gasteiger partial charge in [0.2, 0.25) is 0 Å². The molecule has 0 aliphatic rings. The van der Waals surface area contributed by atoms with Crippen LogP contribution in [-0.2, 0) is 6.54 Å². The van der Waals surface area contributed by atoms with Crippen LogP contribution < -0.4 is 5.32 Å². The van der Waals surface area contributed by atoms with Crippen molar-refractivity contribution in [2.75, 3.05) is 0 Å². The molecule has 0 saturated carbocycles. The van der Waals surface area contributed by atoms with Crippen LogP contribution in [-0.4, -0.2) is 20.9 Å². The predicted molar refractivity (Wildman–Crippen MR) is 62.2 cm³/mol. The van der Waals surface area contributed by atoms with E-state index in [0.29, 0.717) is 17.8 Å². The molecule has 0 radical (unpaired) electrons. The molecule has 1 N–H and O–H groups in total. The molecule has 0 atom stereocenters. The highest BCUT2D eigenvalue weighted by Gasteiger charge is 2.08. The Morgan fingerprint density at radius 1 is 1.29 bits per heavy atom.